The summed E-state index contributed by atoms with van der Waals surface area (Å²) in [5.74, 6) is 2.65. The first kappa shape index (κ1) is 13.6. The number of rotatable bonds is 6. The maximum atomic E-state index is 4.75. The lowest BCUT2D eigenvalue weighted by Crippen LogP contribution is -1.99. The van der Waals surface area contributed by atoms with Gasteiger partial charge in [0.1, 0.15) is 0 Å². The first-order chi connectivity index (χ1) is 8.72. The molecule has 0 aromatic heterocycles. The molecule has 0 saturated carbocycles. The van der Waals surface area contributed by atoms with Crippen LogP contribution in [0, 0.1) is 0 Å². The Kier molecular flexibility index (Phi) is 4.49. The molecule has 2 heterocycles. The van der Waals surface area contributed by atoms with Crippen molar-refractivity contribution < 1.29 is 0 Å². The normalized spacial score (nSPS) is 28.8. The molecule has 1 aromatic rings. The van der Waals surface area contributed by atoms with E-state index in [0.717, 1.165) is 10.5 Å². The van der Waals surface area contributed by atoms with E-state index in [9.17, 15) is 0 Å². The lowest BCUT2D eigenvalue weighted by Gasteiger charge is -2.15. The molecule has 0 aliphatic carbocycles. The van der Waals surface area contributed by atoms with Gasteiger partial charge in [0.15, 0.2) is 0 Å². The minimum atomic E-state index is 0.390. The molecule has 0 N–H and O–H groups in total. The number of hydrogen-bond acceptors (Lipinski definition) is 4. The molecule has 18 heavy (non-hydrogen) atoms. The Labute approximate surface area is 129 Å². The van der Waals surface area contributed by atoms with Gasteiger partial charge >= 0.3 is 0 Å². The molecule has 0 radical (unpaired) electrons. The lowest BCUT2D eigenvalue weighted by molar-refractivity contribution is 0.824. The molecule has 4 atom stereocenters. The Bertz CT molecular complexity index is 377. The predicted molar refractivity (Wildman–Crippen MR) is 91.6 cm³/mol. The summed E-state index contributed by atoms with van der Waals surface area (Å²) in [5, 5.41) is 2.48. The van der Waals surface area contributed by atoms with Gasteiger partial charge in [-0.1, -0.05) is 24.3 Å². The average molecular weight is 315 g/mol. The van der Waals surface area contributed by atoms with Crippen molar-refractivity contribution in [2.75, 3.05) is 11.5 Å². The van der Waals surface area contributed by atoms with Gasteiger partial charge in [-0.25, -0.2) is 0 Å². The summed E-state index contributed by atoms with van der Waals surface area (Å²) in [6, 6.07) is 8.90. The highest BCUT2D eigenvalue weighted by Gasteiger charge is 2.27. The molecule has 0 amide bonds. The Balaban J connectivity index is 1.66. The third-order valence-electron chi connectivity index (χ3n) is 3.46. The molecule has 98 valence electrons. The van der Waals surface area contributed by atoms with Crippen LogP contribution in [0.1, 0.15) is 34.5 Å². The smallest absolute Gasteiger partial charge is 0.0278 e. The SMILES string of the molecule is SC(CC1CS1)c1cccc(C(S)CC2CS2)c1. The molecular weight excluding hydrogens is 296 g/mol. The topological polar surface area (TPSA) is 0 Å². The van der Waals surface area contributed by atoms with E-state index in [0.29, 0.717) is 10.5 Å². The van der Waals surface area contributed by atoms with Crippen LogP contribution in [0.15, 0.2) is 24.3 Å². The highest BCUT2D eigenvalue weighted by Crippen LogP contribution is 2.42. The summed E-state index contributed by atoms with van der Waals surface area (Å²) in [6.45, 7) is 0. The third kappa shape index (κ3) is 3.81. The summed E-state index contributed by atoms with van der Waals surface area (Å²) in [6.07, 6.45) is 2.40. The predicted octanol–water partition coefficient (Wildman–Crippen LogP) is 4.64. The summed E-state index contributed by atoms with van der Waals surface area (Å²) < 4.78 is 0. The van der Waals surface area contributed by atoms with E-state index in [1.165, 1.54) is 35.5 Å². The van der Waals surface area contributed by atoms with Crippen LogP contribution in [0.5, 0.6) is 0 Å². The number of thioether (sulfide) groups is 2. The van der Waals surface area contributed by atoms with Gasteiger partial charge in [-0.05, 0) is 24.0 Å². The number of benzene rings is 1. The fraction of sp³-hybridized carbons (Fsp3) is 0.571. The fourth-order valence-corrected chi connectivity index (χ4v) is 4.47. The van der Waals surface area contributed by atoms with Gasteiger partial charge in [-0.15, -0.1) is 0 Å². The second-order valence-corrected chi connectivity index (χ2v) is 9.00. The van der Waals surface area contributed by atoms with Crippen molar-refractivity contribution >= 4 is 48.8 Å². The van der Waals surface area contributed by atoms with Crippen molar-refractivity contribution in [3.05, 3.63) is 35.4 Å². The van der Waals surface area contributed by atoms with Gasteiger partial charge in [0.05, 0.1) is 0 Å². The van der Waals surface area contributed by atoms with Gasteiger partial charge in [0.25, 0.3) is 0 Å². The molecule has 2 saturated heterocycles. The van der Waals surface area contributed by atoms with Crippen LogP contribution in [-0.4, -0.2) is 22.0 Å². The highest BCUT2D eigenvalue weighted by molar-refractivity contribution is 8.07. The molecular formula is C14H18S4. The van der Waals surface area contributed by atoms with Crippen LogP contribution in [0.25, 0.3) is 0 Å². The molecule has 2 aliphatic rings. The van der Waals surface area contributed by atoms with E-state index < -0.39 is 0 Å². The van der Waals surface area contributed by atoms with E-state index in [4.69, 9.17) is 25.3 Å². The van der Waals surface area contributed by atoms with Gasteiger partial charge in [-0.2, -0.15) is 48.8 Å². The summed E-state index contributed by atoms with van der Waals surface area (Å²) in [5.41, 5.74) is 2.73. The van der Waals surface area contributed by atoms with Crippen LogP contribution >= 0.6 is 48.8 Å². The summed E-state index contributed by atoms with van der Waals surface area (Å²) in [7, 11) is 0. The third-order valence-corrected chi connectivity index (χ3v) is 6.47. The van der Waals surface area contributed by atoms with Gasteiger partial charge in [0, 0.05) is 32.5 Å². The monoisotopic (exact) mass is 314 g/mol. The minimum absolute atomic E-state index is 0.390. The molecule has 1 aromatic carbocycles. The van der Waals surface area contributed by atoms with Crippen molar-refractivity contribution in [3.8, 4) is 0 Å². The molecule has 0 bridgehead atoms. The molecule has 3 rings (SSSR count). The van der Waals surface area contributed by atoms with Crippen LogP contribution < -0.4 is 0 Å². The first-order valence-electron chi connectivity index (χ1n) is 6.41. The average Bonchev–Trinajstić information content (AvgIpc) is 3.25. The van der Waals surface area contributed by atoms with E-state index in [1.807, 2.05) is 0 Å². The fourth-order valence-electron chi connectivity index (χ4n) is 2.15. The van der Waals surface area contributed by atoms with Crippen LogP contribution in [0.2, 0.25) is 0 Å². The van der Waals surface area contributed by atoms with Crippen LogP contribution in [-0.2, 0) is 0 Å². The Morgan fingerprint density at radius 2 is 1.44 bits per heavy atom. The Morgan fingerprint density at radius 3 is 1.83 bits per heavy atom. The van der Waals surface area contributed by atoms with E-state index >= 15 is 0 Å². The second-order valence-electron chi connectivity index (χ2n) is 5.08. The zero-order valence-corrected chi connectivity index (χ0v) is 13.6. The first-order valence-corrected chi connectivity index (χ1v) is 9.54. The molecule has 4 heteroatoms. The van der Waals surface area contributed by atoms with E-state index in [-0.39, 0.29) is 0 Å². The maximum Gasteiger partial charge on any atom is 0.0278 e. The number of thiol groups is 2. The molecule has 2 fully saturated rings. The van der Waals surface area contributed by atoms with Crippen LogP contribution in [0.4, 0.5) is 0 Å². The zero-order valence-electron chi connectivity index (χ0n) is 10.2. The van der Waals surface area contributed by atoms with Gasteiger partial charge in [-0.3, -0.25) is 0 Å². The van der Waals surface area contributed by atoms with Gasteiger partial charge in [0.2, 0.25) is 0 Å². The van der Waals surface area contributed by atoms with E-state index in [2.05, 4.69) is 47.8 Å². The zero-order chi connectivity index (χ0) is 12.5. The van der Waals surface area contributed by atoms with Crippen molar-refractivity contribution in [1.82, 2.24) is 0 Å². The molecule has 4 unspecified atom stereocenters. The highest BCUT2D eigenvalue weighted by atomic mass is 32.2. The summed E-state index contributed by atoms with van der Waals surface area (Å²) >= 11 is 13.6. The Morgan fingerprint density at radius 1 is 1.00 bits per heavy atom. The van der Waals surface area contributed by atoms with Crippen molar-refractivity contribution in [3.63, 3.8) is 0 Å². The minimum Gasteiger partial charge on any atom is -0.171 e. The number of hydrogen-bond donors (Lipinski definition) is 2. The maximum absolute atomic E-state index is 4.75. The van der Waals surface area contributed by atoms with E-state index in [1.54, 1.807) is 0 Å². The molecule has 0 nitrogen and oxygen atoms in total. The van der Waals surface area contributed by atoms with Gasteiger partial charge < -0.3 is 0 Å². The molecule has 2 aliphatic heterocycles. The van der Waals surface area contributed by atoms with Crippen LogP contribution in [0.3, 0.4) is 0 Å². The summed E-state index contributed by atoms with van der Waals surface area (Å²) in [4.78, 5) is 0. The lowest BCUT2D eigenvalue weighted by atomic mass is 10.0. The molecule has 0 spiro atoms. The second kappa shape index (κ2) is 5.94. The van der Waals surface area contributed by atoms with Crippen molar-refractivity contribution in [2.24, 2.45) is 0 Å². The largest absolute Gasteiger partial charge is 0.171 e. The van der Waals surface area contributed by atoms with Crippen molar-refractivity contribution in [1.29, 1.82) is 0 Å². The van der Waals surface area contributed by atoms with Crippen molar-refractivity contribution in [2.45, 2.75) is 33.8 Å². The Hall–Kier alpha value is 0.620. The quantitative estimate of drug-likeness (QED) is 0.580. The standard InChI is InChI=1S/C14H18S4/c15-13(5-11-7-17-11)9-2-1-3-10(4-9)14(16)6-12-8-18-12/h1-4,11-16H,5-8H2.